The zero-order valence-corrected chi connectivity index (χ0v) is 19.8. The summed E-state index contributed by atoms with van der Waals surface area (Å²) in [5.41, 5.74) is 1.59. The molecule has 8 heteroatoms. The SMILES string of the molecule is COc1ccc(/C(Br)=C(\Br)C(=O)c2ccc(NS(=O)(=O)c3ccccc3)cc2)cc1. The van der Waals surface area contributed by atoms with E-state index in [9.17, 15) is 13.2 Å². The van der Waals surface area contributed by atoms with Crippen LogP contribution in [-0.2, 0) is 10.0 Å². The first kappa shape index (κ1) is 22.3. The van der Waals surface area contributed by atoms with Crippen LogP contribution in [0.3, 0.4) is 0 Å². The highest BCUT2D eigenvalue weighted by Crippen LogP contribution is 2.32. The molecule has 3 aromatic carbocycles. The number of carbonyl (C=O) groups excluding carboxylic acids is 1. The Morgan fingerprint density at radius 2 is 1.40 bits per heavy atom. The molecule has 3 rings (SSSR count). The van der Waals surface area contributed by atoms with Crippen molar-refractivity contribution in [3.05, 3.63) is 94.5 Å². The predicted octanol–water partition coefficient (Wildman–Crippen LogP) is 5.84. The van der Waals surface area contributed by atoms with Gasteiger partial charge in [-0.05, 0) is 86.0 Å². The van der Waals surface area contributed by atoms with E-state index in [1.54, 1.807) is 61.7 Å². The normalized spacial score (nSPS) is 12.1. The predicted molar refractivity (Wildman–Crippen MR) is 126 cm³/mol. The second-order valence-electron chi connectivity index (χ2n) is 6.18. The van der Waals surface area contributed by atoms with Gasteiger partial charge in [0, 0.05) is 15.7 Å². The summed E-state index contributed by atoms with van der Waals surface area (Å²) < 4.78 is 33.4. The maximum Gasteiger partial charge on any atom is 0.261 e. The molecule has 0 aliphatic carbocycles. The van der Waals surface area contributed by atoms with Crippen LogP contribution in [0.5, 0.6) is 5.75 Å². The molecule has 0 aromatic heterocycles. The van der Waals surface area contributed by atoms with E-state index in [2.05, 4.69) is 36.6 Å². The third-order valence-electron chi connectivity index (χ3n) is 4.19. The standard InChI is InChI=1S/C22H17Br2NO4S/c1-29-18-13-9-15(10-14-18)20(23)21(24)22(26)16-7-11-17(12-8-16)25-30(27,28)19-5-3-2-4-6-19/h2-14,25H,1H3/b21-20+. The molecule has 3 aromatic rings. The van der Waals surface area contributed by atoms with Crippen LogP contribution in [0.2, 0.25) is 0 Å². The summed E-state index contributed by atoms with van der Waals surface area (Å²) in [7, 11) is -2.10. The van der Waals surface area contributed by atoms with Gasteiger partial charge in [0.2, 0.25) is 5.78 Å². The fourth-order valence-electron chi connectivity index (χ4n) is 2.59. The molecule has 0 unspecified atom stereocenters. The highest BCUT2D eigenvalue weighted by atomic mass is 79.9. The summed E-state index contributed by atoms with van der Waals surface area (Å²) in [6.07, 6.45) is 0. The largest absolute Gasteiger partial charge is 0.497 e. The number of carbonyl (C=O) groups is 1. The molecular formula is C22H17Br2NO4S. The lowest BCUT2D eigenvalue weighted by Crippen LogP contribution is -2.12. The number of hydrogen-bond donors (Lipinski definition) is 1. The summed E-state index contributed by atoms with van der Waals surface area (Å²) in [5, 5.41) is 0. The fraction of sp³-hybridized carbons (Fsp3) is 0.0455. The summed E-state index contributed by atoms with van der Waals surface area (Å²) in [6, 6.07) is 21.6. The first-order valence-corrected chi connectivity index (χ1v) is 11.8. The minimum Gasteiger partial charge on any atom is -0.497 e. The van der Waals surface area contributed by atoms with E-state index >= 15 is 0 Å². The van der Waals surface area contributed by atoms with Crippen LogP contribution in [0.1, 0.15) is 15.9 Å². The molecule has 1 N–H and O–H groups in total. The van der Waals surface area contributed by atoms with Crippen LogP contribution in [-0.4, -0.2) is 21.3 Å². The monoisotopic (exact) mass is 549 g/mol. The average molecular weight is 551 g/mol. The number of anilines is 1. The van der Waals surface area contributed by atoms with Crippen LogP contribution in [0, 0.1) is 0 Å². The number of halogens is 2. The summed E-state index contributed by atoms with van der Waals surface area (Å²) in [4.78, 5) is 13.0. The van der Waals surface area contributed by atoms with Gasteiger partial charge in [0.15, 0.2) is 0 Å². The third-order valence-corrected chi connectivity index (χ3v) is 7.73. The number of nitrogens with one attached hydrogen (secondary N) is 1. The smallest absolute Gasteiger partial charge is 0.261 e. The van der Waals surface area contributed by atoms with Gasteiger partial charge in [-0.2, -0.15) is 0 Å². The van der Waals surface area contributed by atoms with Crippen molar-refractivity contribution in [2.24, 2.45) is 0 Å². The molecule has 0 saturated carbocycles. The van der Waals surface area contributed by atoms with Gasteiger partial charge in [-0.25, -0.2) is 8.42 Å². The highest BCUT2D eigenvalue weighted by molar-refractivity contribution is 9.16. The molecule has 0 radical (unpaired) electrons. The zero-order chi connectivity index (χ0) is 21.7. The van der Waals surface area contributed by atoms with Gasteiger partial charge < -0.3 is 4.74 Å². The highest BCUT2D eigenvalue weighted by Gasteiger charge is 2.17. The molecule has 0 aliphatic rings. The van der Waals surface area contributed by atoms with Crippen LogP contribution < -0.4 is 9.46 Å². The van der Waals surface area contributed by atoms with Gasteiger partial charge in [-0.3, -0.25) is 9.52 Å². The van der Waals surface area contributed by atoms with Crippen LogP contribution in [0.25, 0.3) is 4.48 Å². The lowest BCUT2D eigenvalue weighted by Gasteiger charge is -2.09. The summed E-state index contributed by atoms with van der Waals surface area (Å²) >= 11 is 6.81. The topological polar surface area (TPSA) is 72.5 Å². The van der Waals surface area contributed by atoms with E-state index in [-0.39, 0.29) is 10.7 Å². The Balaban J connectivity index is 1.78. The van der Waals surface area contributed by atoms with Gasteiger partial charge in [0.25, 0.3) is 10.0 Å². The van der Waals surface area contributed by atoms with Gasteiger partial charge in [0.05, 0.1) is 16.5 Å². The molecule has 5 nitrogen and oxygen atoms in total. The minimum atomic E-state index is -3.69. The minimum absolute atomic E-state index is 0.166. The van der Waals surface area contributed by atoms with Crippen LogP contribution in [0.15, 0.2) is 88.2 Å². The van der Waals surface area contributed by atoms with Crippen molar-refractivity contribution in [3.8, 4) is 5.75 Å². The van der Waals surface area contributed by atoms with Crippen molar-refractivity contribution in [3.63, 3.8) is 0 Å². The number of rotatable bonds is 7. The third kappa shape index (κ3) is 5.19. The number of ketones is 1. The van der Waals surface area contributed by atoms with E-state index in [1.807, 2.05) is 12.1 Å². The summed E-state index contributed by atoms with van der Waals surface area (Å²) in [6.45, 7) is 0. The molecule has 0 fully saturated rings. The first-order valence-electron chi connectivity index (χ1n) is 8.74. The van der Waals surface area contributed by atoms with E-state index < -0.39 is 10.0 Å². The number of benzene rings is 3. The fourth-order valence-corrected chi connectivity index (χ4v) is 4.58. The zero-order valence-electron chi connectivity index (χ0n) is 15.8. The van der Waals surface area contributed by atoms with Crippen molar-refractivity contribution >= 4 is 57.8 Å². The lowest BCUT2D eigenvalue weighted by molar-refractivity contribution is 0.104. The number of allylic oxidation sites excluding steroid dienone is 1. The second-order valence-corrected chi connectivity index (χ2v) is 9.45. The van der Waals surface area contributed by atoms with E-state index in [1.165, 1.54) is 12.1 Å². The number of ether oxygens (including phenoxy) is 1. The van der Waals surface area contributed by atoms with Gasteiger partial charge in [0.1, 0.15) is 5.75 Å². The van der Waals surface area contributed by atoms with Gasteiger partial charge >= 0.3 is 0 Å². The van der Waals surface area contributed by atoms with Crippen molar-refractivity contribution in [1.82, 2.24) is 0 Å². The quantitative estimate of drug-likeness (QED) is 0.296. The van der Waals surface area contributed by atoms with Crippen LogP contribution >= 0.6 is 31.9 Å². The van der Waals surface area contributed by atoms with Crippen molar-refractivity contribution in [2.75, 3.05) is 11.8 Å². The van der Waals surface area contributed by atoms with E-state index in [0.29, 0.717) is 20.2 Å². The Labute approximate surface area is 192 Å². The molecular weight excluding hydrogens is 534 g/mol. The van der Waals surface area contributed by atoms with Crippen molar-refractivity contribution in [2.45, 2.75) is 4.90 Å². The molecule has 0 amide bonds. The van der Waals surface area contributed by atoms with E-state index in [4.69, 9.17) is 4.74 Å². The number of hydrogen-bond acceptors (Lipinski definition) is 4. The maximum absolute atomic E-state index is 12.8. The lowest BCUT2D eigenvalue weighted by atomic mass is 10.1. The molecule has 30 heavy (non-hydrogen) atoms. The Kier molecular flexibility index (Phi) is 7.12. The summed E-state index contributed by atoms with van der Waals surface area (Å²) in [5.74, 6) is 0.477. The van der Waals surface area contributed by atoms with Gasteiger partial charge in [-0.1, -0.05) is 30.3 Å². The van der Waals surface area contributed by atoms with E-state index in [0.717, 1.165) is 11.3 Å². The van der Waals surface area contributed by atoms with Gasteiger partial charge in [-0.15, -0.1) is 0 Å². The molecule has 0 aliphatic heterocycles. The number of Topliss-reactive ketones (excluding diaryl/α,β-unsaturated/α-hetero) is 1. The van der Waals surface area contributed by atoms with Crippen LogP contribution in [0.4, 0.5) is 5.69 Å². The molecule has 0 bridgehead atoms. The average Bonchev–Trinajstić information content (AvgIpc) is 2.78. The molecule has 0 spiro atoms. The Morgan fingerprint density at radius 3 is 1.97 bits per heavy atom. The molecule has 154 valence electrons. The Bertz CT molecular complexity index is 1170. The Morgan fingerprint density at radius 1 is 0.833 bits per heavy atom. The second kappa shape index (κ2) is 9.59. The first-order chi connectivity index (χ1) is 14.3. The van der Waals surface area contributed by atoms with Crippen molar-refractivity contribution in [1.29, 1.82) is 0 Å². The Hall–Kier alpha value is -2.42. The number of sulfonamides is 1. The molecule has 0 saturated heterocycles. The maximum atomic E-state index is 12.8. The van der Waals surface area contributed by atoms with Crippen molar-refractivity contribution < 1.29 is 17.9 Å². The molecule has 0 atom stereocenters. The number of methoxy groups -OCH3 is 1. The molecule has 0 heterocycles.